The molecule has 1 aliphatic heterocycles. The van der Waals surface area contributed by atoms with Crippen LogP contribution in [0.15, 0.2) is 24.5 Å². The number of likely N-dealkylation sites (tertiary alicyclic amines) is 1. The predicted octanol–water partition coefficient (Wildman–Crippen LogP) is 1.25. The molecule has 2 atom stereocenters. The molecule has 0 saturated carbocycles. The van der Waals surface area contributed by atoms with Crippen molar-refractivity contribution in [2.24, 2.45) is 5.92 Å². The highest BCUT2D eigenvalue weighted by molar-refractivity contribution is 5.81. The molecule has 0 bridgehead atoms. The molecule has 0 unspecified atom stereocenters. The minimum atomic E-state index is -0.0137. The predicted molar refractivity (Wildman–Crippen MR) is 59.7 cm³/mol. The van der Waals surface area contributed by atoms with E-state index in [1.54, 1.807) is 18.2 Å². The molecular formula is C12H16N2O2. The summed E-state index contributed by atoms with van der Waals surface area (Å²) in [5, 5.41) is 0. The first kappa shape index (κ1) is 11.1. The fourth-order valence-corrected chi connectivity index (χ4v) is 2.24. The van der Waals surface area contributed by atoms with Crippen molar-refractivity contribution in [3.05, 3.63) is 30.1 Å². The normalized spacial score (nSPS) is 25.1. The molecule has 2 rings (SSSR count). The first-order valence-electron chi connectivity index (χ1n) is 5.39. The Bertz CT molecular complexity index is 367. The van der Waals surface area contributed by atoms with Crippen molar-refractivity contribution in [2.75, 3.05) is 20.8 Å². The van der Waals surface area contributed by atoms with E-state index in [-0.39, 0.29) is 17.9 Å². The quantitative estimate of drug-likeness (QED) is 0.770. The molecule has 1 aliphatic rings. The van der Waals surface area contributed by atoms with Crippen molar-refractivity contribution in [3.63, 3.8) is 0 Å². The summed E-state index contributed by atoms with van der Waals surface area (Å²) in [4.78, 5) is 17.8. The van der Waals surface area contributed by atoms with Crippen LogP contribution in [0.3, 0.4) is 0 Å². The molecule has 1 aromatic rings. The Labute approximate surface area is 95.2 Å². The largest absolute Gasteiger partial charge is 0.384 e. The zero-order valence-electron chi connectivity index (χ0n) is 9.59. The number of nitrogens with zero attached hydrogens (tertiary/aromatic N) is 2. The number of hydrogen-bond acceptors (Lipinski definition) is 3. The van der Waals surface area contributed by atoms with Crippen molar-refractivity contribution < 1.29 is 9.53 Å². The highest BCUT2D eigenvalue weighted by atomic mass is 16.5. The van der Waals surface area contributed by atoms with E-state index in [0.29, 0.717) is 6.61 Å². The lowest BCUT2D eigenvalue weighted by molar-refractivity contribution is -0.132. The number of methoxy groups -OCH3 is 1. The van der Waals surface area contributed by atoms with Gasteiger partial charge in [0.05, 0.1) is 18.6 Å². The lowest BCUT2D eigenvalue weighted by Gasteiger charge is -2.19. The van der Waals surface area contributed by atoms with Crippen molar-refractivity contribution in [2.45, 2.75) is 12.5 Å². The maximum atomic E-state index is 11.9. The molecule has 1 amide bonds. The van der Waals surface area contributed by atoms with Gasteiger partial charge in [0, 0.05) is 26.6 Å². The summed E-state index contributed by atoms with van der Waals surface area (Å²) in [6.07, 6.45) is 4.38. The second kappa shape index (κ2) is 4.61. The molecule has 1 fully saturated rings. The summed E-state index contributed by atoms with van der Waals surface area (Å²) in [5.74, 6) is 0.149. The van der Waals surface area contributed by atoms with Crippen LogP contribution in [0.1, 0.15) is 18.0 Å². The Balaban J connectivity index is 2.16. The molecule has 1 aromatic heterocycles. The van der Waals surface area contributed by atoms with E-state index in [2.05, 4.69) is 4.98 Å². The van der Waals surface area contributed by atoms with E-state index in [4.69, 9.17) is 4.74 Å². The van der Waals surface area contributed by atoms with Gasteiger partial charge in [-0.2, -0.15) is 0 Å². The van der Waals surface area contributed by atoms with E-state index in [1.807, 2.05) is 25.4 Å². The van der Waals surface area contributed by atoms with E-state index in [9.17, 15) is 4.79 Å². The first-order valence-corrected chi connectivity index (χ1v) is 5.39. The lowest BCUT2D eigenvalue weighted by Crippen LogP contribution is -2.26. The van der Waals surface area contributed by atoms with Gasteiger partial charge in [-0.25, -0.2) is 0 Å². The van der Waals surface area contributed by atoms with Gasteiger partial charge in [-0.15, -0.1) is 0 Å². The van der Waals surface area contributed by atoms with Crippen LogP contribution in [0.25, 0.3) is 0 Å². The summed E-state index contributed by atoms with van der Waals surface area (Å²) in [6, 6.07) is 4.05. The molecule has 0 aromatic carbocycles. The summed E-state index contributed by atoms with van der Waals surface area (Å²) in [5.41, 5.74) is 1.09. The molecule has 1 saturated heterocycles. The fraction of sp³-hybridized carbons (Fsp3) is 0.500. The zero-order valence-corrected chi connectivity index (χ0v) is 9.59. The summed E-state index contributed by atoms with van der Waals surface area (Å²) < 4.78 is 5.07. The molecule has 86 valence electrons. The SMILES string of the molecule is COC[C@@H]1C[C@@H](c2cccnc2)N(C)C1=O. The van der Waals surface area contributed by atoms with Crippen LogP contribution in [0.2, 0.25) is 0 Å². The fourth-order valence-electron chi connectivity index (χ4n) is 2.24. The van der Waals surface area contributed by atoms with Crippen molar-refractivity contribution in [3.8, 4) is 0 Å². The first-order chi connectivity index (χ1) is 7.74. The third kappa shape index (κ3) is 1.93. The number of aromatic nitrogens is 1. The molecule has 0 aliphatic carbocycles. The monoisotopic (exact) mass is 220 g/mol. The second-order valence-corrected chi connectivity index (χ2v) is 4.14. The molecule has 2 heterocycles. The van der Waals surface area contributed by atoms with Crippen LogP contribution < -0.4 is 0 Å². The average Bonchev–Trinajstić information content (AvgIpc) is 2.59. The minimum Gasteiger partial charge on any atom is -0.384 e. The highest BCUT2D eigenvalue weighted by Crippen LogP contribution is 2.34. The Morgan fingerprint density at radius 1 is 1.62 bits per heavy atom. The number of amides is 1. The smallest absolute Gasteiger partial charge is 0.228 e. The van der Waals surface area contributed by atoms with Gasteiger partial charge in [0.25, 0.3) is 0 Å². The average molecular weight is 220 g/mol. The van der Waals surface area contributed by atoms with Crippen LogP contribution in [-0.2, 0) is 9.53 Å². The highest BCUT2D eigenvalue weighted by Gasteiger charge is 2.37. The van der Waals surface area contributed by atoms with Gasteiger partial charge in [-0.1, -0.05) is 6.07 Å². The Morgan fingerprint density at radius 2 is 2.44 bits per heavy atom. The van der Waals surface area contributed by atoms with Gasteiger partial charge in [0.15, 0.2) is 0 Å². The van der Waals surface area contributed by atoms with Crippen LogP contribution in [-0.4, -0.2) is 36.6 Å². The number of rotatable bonds is 3. The van der Waals surface area contributed by atoms with Crippen LogP contribution in [0.4, 0.5) is 0 Å². The van der Waals surface area contributed by atoms with E-state index < -0.39 is 0 Å². The lowest BCUT2D eigenvalue weighted by atomic mass is 10.0. The van der Waals surface area contributed by atoms with Crippen LogP contribution in [0.5, 0.6) is 0 Å². The van der Waals surface area contributed by atoms with Crippen molar-refractivity contribution >= 4 is 5.91 Å². The Morgan fingerprint density at radius 3 is 3.06 bits per heavy atom. The van der Waals surface area contributed by atoms with Crippen LogP contribution >= 0.6 is 0 Å². The molecule has 4 heteroatoms. The number of carbonyl (C=O) groups is 1. The number of carbonyl (C=O) groups excluding carboxylic acids is 1. The Hall–Kier alpha value is -1.42. The van der Waals surface area contributed by atoms with E-state index in [0.717, 1.165) is 12.0 Å². The number of hydrogen-bond donors (Lipinski definition) is 0. The topological polar surface area (TPSA) is 42.4 Å². The summed E-state index contributed by atoms with van der Waals surface area (Å²) in [7, 11) is 3.47. The number of ether oxygens (including phenoxy) is 1. The third-order valence-corrected chi connectivity index (χ3v) is 3.11. The van der Waals surface area contributed by atoms with E-state index >= 15 is 0 Å². The van der Waals surface area contributed by atoms with Gasteiger partial charge in [0.1, 0.15) is 0 Å². The van der Waals surface area contributed by atoms with E-state index in [1.165, 1.54) is 0 Å². The maximum Gasteiger partial charge on any atom is 0.228 e. The molecule has 4 nitrogen and oxygen atoms in total. The van der Waals surface area contributed by atoms with Gasteiger partial charge >= 0.3 is 0 Å². The third-order valence-electron chi connectivity index (χ3n) is 3.11. The molecule has 0 radical (unpaired) electrons. The molecule has 0 spiro atoms. The van der Waals surface area contributed by atoms with Gasteiger partial charge < -0.3 is 9.64 Å². The van der Waals surface area contributed by atoms with Gasteiger partial charge in [0.2, 0.25) is 5.91 Å². The summed E-state index contributed by atoms with van der Waals surface area (Å²) >= 11 is 0. The molecular weight excluding hydrogens is 204 g/mol. The van der Waals surface area contributed by atoms with Gasteiger partial charge in [-0.3, -0.25) is 9.78 Å². The Kier molecular flexibility index (Phi) is 3.19. The summed E-state index contributed by atoms with van der Waals surface area (Å²) in [6.45, 7) is 0.500. The minimum absolute atomic E-state index is 0.0137. The maximum absolute atomic E-state index is 11.9. The second-order valence-electron chi connectivity index (χ2n) is 4.14. The molecule has 0 N–H and O–H groups in total. The zero-order chi connectivity index (χ0) is 11.5. The van der Waals surface area contributed by atoms with Crippen molar-refractivity contribution in [1.29, 1.82) is 0 Å². The standard InChI is InChI=1S/C12H16N2O2/c1-14-11(9-4-3-5-13-7-9)6-10(8-16-2)12(14)15/h3-5,7,10-11H,6,8H2,1-2H3/t10-,11-/m0/s1. The molecule has 16 heavy (non-hydrogen) atoms. The number of pyridine rings is 1. The van der Waals surface area contributed by atoms with Gasteiger partial charge in [-0.05, 0) is 18.1 Å². The van der Waals surface area contributed by atoms with Crippen molar-refractivity contribution in [1.82, 2.24) is 9.88 Å². The van der Waals surface area contributed by atoms with Crippen LogP contribution in [0, 0.1) is 5.92 Å².